The molecule has 0 saturated carbocycles. The smallest absolute Gasteiger partial charge is 0.253 e. The van der Waals surface area contributed by atoms with E-state index in [0.29, 0.717) is 35.9 Å². The zero-order chi connectivity index (χ0) is 17.6. The highest BCUT2D eigenvalue weighted by molar-refractivity contribution is 5.94. The number of ether oxygens (including phenoxy) is 3. The van der Waals surface area contributed by atoms with Gasteiger partial charge in [0, 0.05) is 12.2 Å². The number of para-hydroxylation sites is 2. The van der Waals surface area contributed by atoms with Gasteiger partial charge in [-0.25, -0.2) is 0 Å². The average Bonchev–Trinajstić information content (AvgIpc) is 3.13. The molecule has 1 amide bonds. The topological polar surface area (TPSA) is 82.8 Å². The normalized spacial score (nSPS) is 19.4. The third-order valence-corrected chi connectivity index (χ3v) is 4.08. The Hall–Kier alpha value is -2.57. The zero-order valence-electron chi connectivity index (χ0n) is 14.1. The van der Waals surface area contributed by atoms with Gasteiger partial charge < -0.3 is 25.3 Å². The van der Waals surface area contributed by atoms with Crippen LogP contribution in [-0.4, -0.2) is 31.8 Å². The summed E-state index contributed by atoms with van der Waals surface area (Å²) in [5, 5.41) is 2.86. The maximum absolute atomic E-state index is 12.2. The second-order valence-corrected chi connectivity index (χ2v) is 5.83. The third-order valence-electron chi connectivity index (χ3n) is 4.08. The Bertz CT molecular complexity index is 718. The molecule has 2 aromatic rings. The van der Waals surface area contributed by atoms with E-state index in [1.54, 1.807) is 31.4 Å². The minimum Gasteiger partial charge on any atom is -0.493 e. The van der Waals surface area contributed by atoms with Gasteiger partial charge in [0.05, 0.1) is 13.2 Å². The van der Waals surface area contributed by atoms with Crippen LogP contribution in [0.15, 0.2) is 48.5 Å². The van der Waals surface area contributed by atoms with Gasteiger partial charge in [0.1, 0.15) is 11.9 Å². The Kier molecular flexibility index (Phi) is 5.53. The molecule has 6 heteroatoms. The van der Waals surface area contributed by atoms with Crippen molar-refractivity contribution >= 4 is 11.6 Å². The highest BCUT2D eigenvalue weighted by atomic mass is 16.5. The number of nitrogens with one attached hydrogen (secondary N) is 1. The molecular formula is C19H22N2O4. The summed E-state index contributed by atoms with van der Waals surface area (Å²) in [5.41, 5.74) is 6.26. The van der Waals surface area contributed by atoms with Gasteiger partial charge in [-0.2, -0.15) is 0 Å². The number of carbonyl (C=O) groups excluding carboxylic acids is 1. The number of benzene rings is 2. The summed E-state index contributed by atoms with van der Waals surface area (Å²) in [4.78, 5) is 12.2. The predicted octanol–water partition coefficient (Wildman–Crippen LogP) is 2.93. The third kappa shape index (κ3) is 4.29. The molecule has 25 heavy (non-hydrogen) atoms. The molecular weight excluding hydrogens is 320 g/mol. The van der Waals surface area contributed by atoms with E-state index < -0.39 is 6.10 Å². The van der Waals surface area contributed by atoms with E-state index in [9.17, 15) is 4.79 Å². The van der Waals surface area contributed by atoms with Crippen LogP contribution in [0.4, 0.5) is 5.69 Å². The summed E-state index contributed by atoms with van der Waals surface area (Å²) < 4.78 is 16.7. The van der Waals surface area contributed by atoms with E-state index in [0.717, 1.165) is 6.42 Å². The molecule has 1 aliphatic heterocycles. The van der Waals surface area contributed by atoms with Crippen molar-refractivity contribution in [1.29, 1.82) is 0 Å². The summed E-state index contributed by atoms with van der Waals surface area (Å²) in [6, 6.07) is 14.6. The van der Waals surface area contributed by atoms with Crippen molar-refractivity contribution in [2.45, 2.75) is 25.0 Å². The molecule has 0 spiro atoms. The quantitative estimate of drug-likeness (QED) is 0.843. The first-order valence-corrected chi connectivity index (χ1v) is 8.27. The highest BCUT2D eigenvalue weighted by Crippen LogP contribution is 2.31. The van der Waals surface area contributed by atoms with Crippen molar-refractivity contribution in [3.63, 3.8) is 0 Å². The monoisotopic (exact) mass is 342 g/mol. The molecule has 0 unspecified atom stereocenters. The molecule has 3 N–H and O–H groups in total. The van der Waals surface area contributed by atoms with Crippen LogP contribution >= 0.6 is 0 Å². The van der Waals surface area contributed by atoms with Crippen LogP contribution in [0.2, 0.25) is 0 Å². The van der Waals surface area contributed by atoms with E-state index in [1.807, 2.05) is 24.3 Å². The van der Waals surface area contributed by atoms with E-state index in [-0.39, 0.29) is 12.0 Å². The molecule has 1 aliphatic rings. The molecule has 1 saturated heterocycles. The molecule has 0 radical (unpaired) electrons. The van der Waals surface area contributed by atoms with Crippen LogP contribution < -0.4 is 20.5 Å². The van der Waals surface area contributed by atoms with Crippen molar-refractivity contribution in [2.75, 3.05) is 19.0 Å². The molecule has 2 atom stereocenters. The molecule has 0 bridgehead atoms. The molecule has 0 aliphatic carbocycles. The number of rotatable bonds is 6. The fraction of sp³-hybridized carbons (Fsp3) is 0.316. The van der Waals surface area contributed by atoms with Crippen LogP contribution in [0, 0.1) is 0 Å². The number of hydrogen-bond donors (Lipinski definition) is 2. The van der Waals surface area contributed by atoms with Gasteiger partial charge in [-0.3, -0.25) is 4.79 Å². The van der Waals surface area contributed by atoms with Crippen molar-refractivity contribution in [3.8, 4) is 17.2 Å². The summed E-state index contributed by atoms with van der Waals surface area (Å²) in [5.74, 6) is 1.80. The van der Waals surface area contributed by atoms with E-state index in [2.05, 4.69) is 5.32 Å². The summed E-state index contributed by atoms with van der Waals surface area (Å²) in [7, 11) is 1.60. The molecule has 3 rings (SSSR count). The van der Waals surface area contributed by atoms with Crippen LogP contribution in [0.1, 0.15) is 12.8 Å². The molecule has 132 valence electrons. The first-order valence-electron chi connectivity index (χ1n) is 8.27. The maximum atomic E-state index is 12.2. The minimum atomic E-state index is -0.432. The van der Waals surface area contributed by atoms with Gasteiger partial charge in [-0.05, 0) is 49.2 Å². The van der Waals surface area contributed by atoms with E-state index in [1.165, 1.54) is 0 Å². The van der Waals surface area contributed by atoms with Gasteiger partial charge in [-0.1, -0.05) is 12.1 Å². The number of carbonyl (C=O) groups is 1. The van der Waals surface area contributed by atoms with Gasteiger partial charge in [0.15, 0.2) is 11.5 Å². The van der Waals surface area contributed by atoms with Crippen LogP contribution in [-0.2, 0) is 9.53 Å². The van der Waals surface area contributed by atoms with Crippen molar-refractivity contribution < 1.29 is 19.0 Å². The molecule has 2 aromatic carbocycles. The second-order valence-electron chi connectivity index (χ2n) is 5.83. The number of hydrogen-bond acceptors (Lipinski definition) is 5. The molecule has 1 heterocycles. The van der Waals surface area contributed by atoms with Crippen LogP contribution in [0.5, 0.6) is 17.2 Å². The number of nitrogens with two attached hydrogens (primary N) is 1. The zero-order valence-corrected chi connectivity index (χ0v) is 14.1. The molecule has 1 fully saturated rings. The van der Waals surface area contributed by atoms with Gasteiger partial charge in [0.25, 0.3) is 5.91 Å². The summed E-state index contributed by atoms with van der Waals surface area (Å²) in [6.45, 7) is 0.443. The molecule has 0 aromatic heterocycles. The summed E-state index contributed by atoms with van der Waals surface area (Å²) in [6.07, 6.45) is 1.06. The Balaban J connectivity index is 1.60. The fourth-order valence-electron chi connectivity index (χ4n) is 2.73. The predicted molar refractivity (Wildman–Crippen MR) is 95.1 cm³/mol. The first kappa shape index (κ1) is 17.3. The van der Waals surface area contributed by atoms with Gasteiger partial charge in [0.2, 0.25) is 0 Å². The number of amides is 1. The number of methoxy groups -OCH3 is 1. The lowest BCUT2D eigenvalue weighted by Crippen LogP contribution is -2.29. The van der Waals surface area contributed by atoms with Gasteiger partial charge >= 0.3 is 0 Å². The number of anilines is 1. The van der Waals surface area contributed by atoms with E-state index in [4.69, 9.17) is 19.9 Å². The lowest BCUT2D eigenvalue weighted by Gasteiger charge is -2.13. The Labute approximate surface area is 146 Å². The fourth-order valence-corrected chi connectivity index (χ4v) is 2.73. The minimum absolute atomic E-state index is 0.0209. The average molecular weight is 342 g/mol. The molecule has 6 nitrogen and oxygen atoms in total. The standard InChI is InChI=1S/C19H22N2O4/c1-23-16-4-2-3-5-17(16)24-14-8-6-13(7-9-14)21-19(22)18-11-10-15(12-20)25-18/h2-9,15,18H,10-12,20H2,1H3,(H,21,22)/t15-,18+/m1/s1. The lowest BCUT2D eigenvalue weighted by atomic mass is 10.2. The Morgan fingerprint density at radius 3 is 2.52 bits per heavy atom. The van der Waals surface area contributed by atoms with Crippen molar-refractivity contribution in [3.05, 3.63) is 48.5 Å². The first-order chi connectivity index (χ1) is 12.2. The largest absolute Gasteiger partial charge is 0.493 e. The van der Waals surface area contributed by atoms with Crippen molar-refractivity contribution in [1.82, 2.24) is 0 Å². The van der Waals surface area contributed by atoms with E-state index >= 15 is 0 Å². The Morgan fingerprint density at radius 2 is 1.88 bits per heavy atom. The van der Waals surface area contributed by atoms with Gasteiger partial charge in [-0.15, -0.1) is 0 Å². The lowest BCUT2D eigenvalue weighted by molar-refractivity contribution is -0.126. The maximum Gasteiger partial charge on any atom is 0.253 e. The highest BCUT2D eigenvalue weighted by Gasteiger charge is 2.29. The second kappa shape index (κ2) is 8.00. The van der Waals surface area contributed by atoms with Crippen LogP contribution in [0.3, 0.4) is 0 Å². The summed E-state index contributed by atoms with van der Waals surface area (Å²) >= 11 is 0. The van der Waals surface area contributed by atoms with Crippen molar-refractivity contribution in [2.24, 2.45) is 5.73 Å². The SMILES string of the molecule is COc1ccccc1Oc1ccc(NC(=O)[C@@H]2CC[C@H](CN)O2)cc1. The van der Waals surface area contributed by atoms with Crippen LogP contribution in [0.25, 0.3) is 0 Å². The Morgan fingerprint density at radius 1 is 1.16 bits per heavy atom.